The van der Waals surface area contributed by atoms with Crippen molar-refractivity contribution in [1.82, 2.24) is 35.1 Å². The number of ether oxygens (including phenoxy) is 2. The van der Waals surface area contributed by atoms with Crippen LogP contribution in [0.1, 0.15) is 63.3 Å². The zero-order valence-electron chi connectivity index (χ0n) is 29.7. The van der Waals surface area contributed by atoms with Crippen LogP contribution in [0.5, 0.6) is 0 Å². The lowest BCUT2D eigenvalue weighted by Crippen LogP contribution is -2.53. The molecule has 4 aromatic rings. The molecule has 53 heavy (non-hydrogen) atoms. The van der Waals surface area contributed by atoms with E-state index >= 15 is 0 Å². The smallest absolute Gasteiger partial charge is 0.407 e. The van der Waals surface area contributed by atoms with Gasteiger partial charge in [0.05, 0.1) is 55.2 Å². The number of primary amides is 1. The van der Waals surface area contributed by atoms with Crippen molar-refractivity contribution in [3.63, 3.8) is 0 Å². The predicted octanol–water partition coefficient (Wildman–Crippen LogP) is 3.41. The van der Waals surface area contributed by atoms with Crippen LogP contribution in [0.3, 0.4) is 0 Å². The molecule has 280 valence electrons. The van der Waals surface area contributed by atoms with Crippen molar-refractivity contribution in [2.45, 2.75) is 76.0 Å². The van der Waals surface area contributed by atoms with Crippen LogP contribution < -0.4 is 11.1 Å². The first-order valence-corrected chi connectivity index (χ1v) is 17.5. The maximum absolute atomic E-state index is 13.3. The summed E-state index contributed by atoms with van der Waals surface area (Å²) >= 11 is 0. The van der Waals surface area contributed by atoms with Crippen LogP contribution in [0.2, 0.25) is 0 Å². The molecule has 2 aromatic carbocycles. The number of hydrogen-bond acceptors (Lipinski definition) is 10. The highest BCUT2D eigenvalue weighted by atomic mass is 16.6. The summed E-state index contributed by atoms with van der Waals surface area (Å²) < 4.78 is 9.54. The van der Waals surface area contributed by atoms with Gasteiger partial charge in [-0.2, -0.15) is 0 Å². The van der Waals surface area contributed by atoms with Gasteiger partial charge in [0.25, 0.3) is 5.91 Å². The van der Waals surface area contributed by atoms with E-state index in [0.717, 1.165) is 46.5 Å². The maximum Gasteiger partial charge on any atom is 0.407 e. The largest absolute Gasteiger partial charge is 0.453 e. The normalized spacial score (nSPS) is 19.3. The van der Waals surface area contributed by atoms with Gasteiger partial charge < -0.3 is 50.5 Å². The second-order valence-corrected chi connectivity index (χ2v) is 13.4. The summed E-state index contributed by atoms with van der Waals surface area (Å²) in [5, 5.41) is 22.7. The number of alkyl carbamates (subject to hydrolysis) is 1. The van der Waals surface area contributed by atoms with Crippen LogP contribution in [0.25, 0.3) is 33.6 Å². The number of aromatic nitrogens is 4. The highest BCUT2D eigenvalue weighted by Gasteiger charge is 2.40. The van der Waals surface area contributed by atoms with E-state index in [0.29, 0.717) is 37.6 Å². The Morgan fingerprint density at radius 3 is 1.64 bits per heavy atom. The average molecular weight is 729 g/mol. The number of amides is 4. The highest BCUT2D eigenvalue weighted by Crippen LogP contribution is 2.35. The van der Waals surface area contributed by atoms with Gasteiger partial charge in [0.1, 0.15) is 17.7 Å². The number of nitrogens with one attached hydrogen (secondary N) is 3. The van der Waals surface area contributed by atoms with Gasteiger partial charge in [-0.05, 0) is 61.8 Å². The number of aliphatic hydroxyl groups excluding tert-OH is 2. The van der Waals surface area contributed by atoms with Crippen LogP contribution in [-0.2, 0) is 19.1 Å². The fourth-order valence-corrected chi connectivity index (χ4v) is 7.02. The Morgan fingerprint density at radius 1 is 0.774 bits per heavy atom. The molecule has 7 N–H and O–H groups in total. The fourth-order valence-electron chi connectivity index (χ4n) is 7.02. The standard InChI is InChI=1S/C37H44N8O8/c1-20(46)30(43-37(51)52-3)34(48)44-16-4-6-28(44)32-39-18-26(41-32)24-12-8-22(9-13-24)23-10-14-25(15-11-23)27-19-40-33(42-27)29-7-5-17-45(29)35(49)31(21(2)47)53-36(38)50/h8-15,18-21,28-31,46-47H,4-7,16-17H2,1-3H3,(H2,38,50)(H,39,41)(H,40,42)(H,43,51)/t20-,21-,28+,29+,30+,31+/m1/s1. The number of aliphatic hydroxyl groups is 2. The van der Waals surface area contributed by atoms with E-state index in [-0.39, 0.29) is 12.1 Å². The Balaban J connectivity index is 1.11. The van der Waals surface area contributed by atoms with Crippen molar-refractivity contribution < 1.29 is 38.9 Å². The lowest BCUT2D eigenvalue weighted by molar-refractivity contribution is -0.146. The van der Waals surface area contributed by atoms with Crippen LogP contribution in [-0.4, -0.2) is 109 Å². The van der Waals surface area contributed by atoms with E-state index in [2.05, 4.69) is 30.0 Å². The van der Waals surface area contributed by atoms with Crippen molar-refractivity contribution in [1.29, 1.82) is 0 Å². The van der Waals surface area contributed by atoms with Crippen molar-refractivity contribution in [2.24, 2.45) is 5.73 Å². The molecule has 0 aliphatic carbocycles. The van der Waals surface area contributed by atoms with E-state index < -0.39 is 48.4 Å². The van der Waals surface area contributed by atoms with Gasteiger partial charge in [-0.3, -0.25) is 9.59 Å². The molecule has 2 aromatic heterocycles. The third-order valence-electron chi connectivity index (χ3n) is 9.75. The molecule has 2 saturated heterocycles. The molecule has 2 fully saturated rings. The molecule has 4 amide bonds. The number of H-pyrrole nitrogens is 2. The molecule has 0 spiro atoms. The van der Waals surface area contributed by atoms with E-state index in [1.165, 1.54) is 21.0 Å². The van der Waals surface area contributed by atoms with Gasteiger partial charge in [-0.15, -0.1) is 0 Å². The molecule has 0 saturated carbocycles. The van der Waals surface area contributed by atoms with Gasteiger partial charge in [0.15, 0.2) is 0 Å². The quantitative estimate of drug-likeness (QED) is 0.132. The number of hydrogen-bond donors (Lipinski definition) is 6. The maximum atomic E-state index is 13.3. The number of nitrogens with two attached hydrogens (primary N) is 1. The van der Waals surface area contributed by atoms with E-state index in [4.69, 9.17) is 10.5 Å². The third kappa shape index (κ3) is 8.03. The number of carbonyl (C=O) groups is 4. The van der Waals surface area contributed by atoms with Gasteiger partial charge in [-0.1, -0.05) is 48.5 Å². The molecule has 2 aliphatic rings. The zero-order valence-corrected chi connectivity index (χ0v) is 29.7. The lowest BCUT2D eigenvalue weighted by atomic mass is 10.0. The number of rotatable bonds is 11. The van der Waals surface area contributed by atoms with Crippen molar-refractivity contribution in [3.8, 4) is 33.6 Å². The van der Waals surface area contributed by atoms with Crippen LogP contribution >= 0.6 is 0 Å². The monoisotopic (exact) mass is 728 g/mol. The number of carbonyl (C=O) groups excluding carboxylic acids is 4. The number of methoxy groups -OCH3 is 1. The Hall–Kier alpha value is -5.74. The van der Waals surface area contributed by atoms with E-state index in [1.54, 1.807) is 22.2 Å². The molecule has 4 heterocycles. The second kappa shape index (κ2) is 15.9. The summed E-state index contributed by atoms with van der Waals surface area (Å²) in [4.78, 5) is 68.7. The Labute approximate surface area is 305 Å². The summed E-state index contributed by atoms with van der Waals surface area (Å²) in [6.45, 7) is 3.73. The average Bonchev–Trinajstić information content (AvgIpc) is 3.98. The van der Waals surface area contributed by atoms with Gasteiger partial charge >= 0.3 is 12.2 Å². The minimum Gasteiger partial charge on any atom is -0.453 e. The summed E-state index contributed by atoms with van der Waals surface area (Å²) in [7, 11) is 1.20. The lowest BCUT2D eigenvalue weighted by Gasteiger charge is -2.29. The van der Waals surface area contributed by atoms with Gasteiger partial charge in [0, 0.05) is 13.1 Å². The summed E-state index contributed by atoms with van der Waals surface area (Å²) in [6.07, 6.45) is 0.642. The Bertz CT molecular complexity index is 1920. The second-order valence-electron chi connectivity index (χ2n) is 13.4. The summed E-state index contributed by atoms with van der Waals surface area (Å²) in [5.74, 6) is 0.306. The number of benzene rings is 2. The van der Waals surface area contributed by atoms with E-state index in [9.17, 15) is 29.4 Å². The molecule has 0 radical (unpaired) electrons. The van der Waals surface area contributed by atoms with E-state index in [1.807, 2.05) is 48.5 Å². The Morgan fingerprint density at radius 2 is 1.23 bits per heavy atom. The van der Waals surface area contributed by atoms with Crippen LogP contribution in [0.15, 0.2) is 60.9 Å². The molecular formula is C37H44N8O8. The highest BCUT2D eigenvalue weighted by molar-refractivity contribution is 5.87. The molecule has 6 rings (SSSR count). The first kappa shape index (κ1) is 37.0. The number of aromatic amines is 2. The van der Waals surface area contributed by atoms with Gasteiger partial charge in [0.2, 0.25) is 12.0 Å². The van der Waals surface area contributed by atoms with Crippen molar-refractivity contribution >= 4 is 24.0 Å². The first-order valence-electron chi connectivity index (χ1n) is 17.5. The molecule has 2 aliphatic heterocycles. The molecule has 0 unspecified atom stereocenters. The zero-order chi connectivity index (χ0) is 37.8. The fraction of sp³-hybridized carbons (Fsp3) is 0.405. The minimum atomic E-state index is -1.39. The topological polar surface area (TPSA) is 229 Å². The molecule has 16 heteroatoms. The Kier molecular flexibility index (Phi) is 11.1. The summed E-state index contributed by atoms with van der Waals surface area (Å²) in [6, 6.07) is 14.2. The van der Waals surface area contributed by atoms with Crippen LogP contribution in [0.4, 0.5) is 9.59 Å². The first-order chi connectivity index (χ1) is 25.4. The minimum absolute atomic E-state index is 0.328. The van der Waals surface area contributed by atoms with Gasteiger partial charge in [-0.25, -0.2) is 19.6 Å². The molecule has 16 nitrogen and oxygen atoms in total. The number of imidazole rings is 2. The van der Waals surface area contributed by atoms with Crippen molar-refractivity contribution in [2.75, 3.05) is 20.2 Å². The van der Waals surface area contributed by atoms with Crippen molar-refractivity contribution in [3.05, 3.63) is 72.6 Å². The predicted molar refractivity (Wildman–Crippen MR) is 192 cm³/mol. The molecule has 0 bridgehead atoms. The number of nitrogens with zero attached hydrogens (tertiary/aromatic N) is 4. The number of likely N-dealkylation sites (tertiary alicyclic amines) is 2. The molecular weight excluding hydrogens is 684 g/mol. The van der Waals surface area contributed by atoms with Crippen LogP contribution in [0, 0.1) is 0 Å². The molecule has 6 atom stereocenters. The third-order valence-corrected chi connectivity index (χ3v) is 9.75. The summed E-state index contributed by atoms with van der Waals surface area (Å²) in [5.41, 5.74) is 10.5. The SMILES string of the molecule is COC(=O)N[C@H](C(=O)N1CCC[C@H]1c1ncc(-c2ccc(-c3ccc(-c4cnc([C@@H]5CCCN5C(=O)[C@@H](OC(N)=O)[C@@H](C)O)[nH]4)cc3)cc2)[nH]1)[C@@H](C)O.